The first kappa shape index (κ1) is 28.6. The van der Waals surface area contributed by atoms with Crippen molar-refractivity contribution in [2.45, 2.75) is 31.7 Å². The molecular formula is C28H26Cl2N6O4S. The summed E-state index contributed by atoms with van der Waals surface area (Å²) in [6.07, 6.45) is 6.75. The van der Waals surface area contributed by atoms with E-state index in [1.165, 1.54) is 24.5 Å². The van der Waals surface area contributed by atoms with Crippen LogP contribution in [0.3, 0.4) is 0 Å². The Kier molecular flexibility index (Phi) is 7.31. The van der Waals surface area contributed by atoms with Gasteiger partial charge in [0.25, 0.3) is 10.0 Å². The molecule has 1 unspecified atom stereocenters. The van der Waals surface area contributed by atoms with Gasteiger partial charge in [-0.25, -0.2) is 28.2 Å². The highest BCUT2D eigenvalue weighted by atomic mass is 35.5. The van der Waals surface area contributed by atoms with Gasteiger partial charge in [0.15, 0.2) is 5.82 Å². The SMILES string of the molecule is Cn1ccnc1-c1cc(-n2ccc3cc(N(C(C(=O)O)C(C)(C)C)S(=O)(=O)c4cc(Cl)cc(Cl)c4)ccc32)ncn1. The minimum atomic E-state index is -4.43. The highest BCUT2D eigenvalue weighted by Gasteiger charge is 2.43. The number of aromatic nitrogens is 5. The third kappa shape index (κ3) is 5.40. The van der Waals surface area contributed by atoms with Crippen LogP contribution in [-0.2, 0) is 21.9 Å². The van der Waals surface area contributed by atoms with E-state index in [0.29, 0.717) is 22.7 Å². The number of nitrogens with zero attached hydrogens (tertiary/aromatic N) is 6. The number of carboxylic acids is 1. The average molecular weight is 614 g/mol. The Morgan fingerprint density at radius 2 is 1.68 bits per heavy atom. The lowest BCUT2D eigenvalue weighted by Crippen LogP contribution is -2.52. The van der Waals surface area contributed by atoms with E-state index in [2.05, 4.69) is 15.0 Å². The van der Waals surface area contributed by atoms with Crippen LogP contribution in [0.2, 0.25) is 10.0 Å². The van der Waals surface area contributed by atoms with Crippen LogP contribution >= 0.6 is 23.2 Å². The summed E-state index contributed by atoms with van der Waals surface area (Å²) in [7, 11) is -2.56. The predicted octanol–water partition coefficient (Wildman–Crippen LogP) is 5.82. The van der Waals surface area contributed by atoms with Crippen LogP contribution in [0.5, 0.6) is 0 Å². The predicted molar refractivity (Wildman–Crippen MR) is 158 cm³/mol. The topological polar surface area (TPSA) is 123 Å². The minimum Gasteiger partial charge on any atom is -0.480 e. The average Bonchev–Trinajstić information content (AvgIpc) is 3.51. The van der Waals surface area contributed by atoms with Crippen LogP contribution in [0.15, 0.2) is 78.3 Å². The lowest BCUT2D eigenvalue weighted by molar-refractivity contribution is -0.140. The second-order valence-corrected chi connectivity index (χ2v) is 13.3. The number of aryl methyl sites for hydroxylation is 1. The third-order valence-corrected chi connectivity index (χ3v) is 8.77. The smallest absolute Gasteiger partial charge is 0.328 e. The largest absolute Gasteiger partial charge is 0.480 e. The van der Waals surface area contributed by atoms with Crippen molar-refractivity contribution in [3.05, 3.63) is 83.5 Å². The fourth-order valence-electron chi connectivity index (χ4n) is 4.72. The molecule has 13 heteroatoms. The van der Waals surface area contributed by atoms with Gasteiger partial charge >= 0.3 is 5.97 Å². The van der Waals surface area contributed by atoms with Gasteiger partial charge in [-0.15, -0.1) is 0 Å². The number of benzene rings is 2. The number of rotatable bonds is 7. The molecule has 0 radical (unpaired) electrons. The zero-order valence-electron chi connectivity index (χ0n) is 22.5. The Balaban J connectivity index is 1.66. The summed E-state index contributed by atoms with van der Waals surface area (Å²) in [5.41, 5.74) is 0.548. The Morgan fingerprint density at radius 3 is 2.29 bits per heavy atom. The van der Waals surface area contributed by atoms with Crippen molar-refractivity contribution in [1.82, 2.24) is 24.1 Å². The maximum absolute atomic E-state index is 14.1. The summed E-state index contributed by atoms with van der Waals surface area (Å²) in [4.78, 5) is 25.5. The Morgan fingerprint density at radius 1 is 0.976 bits per heavy atom. The second-order valence-electron chi connectivity index (χ2n) is 10.6. The molecule has 0 aliphatic rings. The molecule has 5 aromatic rings. The summed E-state index contributed by atoms with van der Waals surface area (Å²) >= 11 is 12.3. The number of hydrogen-bond acceptors (Lipinski definition) is 6. The van der Waals surface area contributed by atoms with Crippen LogP contribution in [-0.4, -0.2) is 49.6 Å². The molecule has 3 aromatic heterocycles. The number of halogens is 2. The van der Waals surface area contributed by atoms with Crippen molar-refractivity contribution >= 4 is 55.8 Å². The number of fused-ring (bicyclic) bond motifs is 1. The molecule has 0 spiro atoms. The van der Waals surface area contributed by atoms with Gasteiger partial charge in [-0.05, 0) is 47.9 Å². The molecule has 212 valence electrons. The van der Waals surface area contributed by atoms with E-state index in [1.54, 1.807) is 63.5 Å². The molecule has 3 heterocycles. The van der Waals surface area contributed by atoms with Crippen molar-refractivity contribution in [3.8, 4) is 17.3 Å². The molecule has 0 bridgehead atoms. The molecule has 5 rings (SSSR count). The fraction of sp³-hybridized carbons (Fsp3) is 0.214. The van der Waals surface area contributed by atoms with Crippen LogP contribution in [0, 0.1) is 5.41 Å². The molecule has 0 saturated carbocycles. The molecule has 2 aromatic carbocycles. The van der Waals surface area contributed by atoms with Gasteiger partial charge in [0.05, 0.1) is 16.1 Å². The second kappa shape index (κ2) is 10.5. The van der Waals surface area contributed by atoms with Crippen molar-refractivity contribution in [2.75, 3.05) is 4.31 Å². The molecule has 0 amide bonds. The van der Waals surface area contributed by atoms with Gasteiger partial charge in [-0.3, -0.25) is 4.31 Å². The van der Waals surface area contributed by atoms with Crippen LogP contribution in [0.25, 0.3) is 28.2 Å². The number of anilines is 1. The van der Waals surface area contributed by atoms with E-state index < -0.39 is 27.4 Å². The third-order valence-electron chi connectivity index (χ3n) is 6.56. The fourth-order valence-corrected chi connectivity index (χ4v) is 7.23. The summed E-state index contributed by atoms with van der Waals surface area (Å²) in [5.74, 6) is -0.0391. The van der Waals surface area contributed by atoms with Crippen molar-refractivity contribution in [1.29, 1.82) is 0 Å². The summed E-state index contributed by atoms with van der Waals surface area (Å²) in [6.45, 7) is 5.01. The summed E-state index contributed by atoms with van der Waals surface area (Å²) in [6, 6.07) is 11.0. The van der Waals surface area contributed by atoms with Gasteiger partial charge in [0.2, 0.25) is 0 Å². The quantitative estimate of drug-likeness (QED) is 0.245. The maximum atomic E-state index is 14.1. The lowest BCUT2D eigenvalue weighted by atomic mass is 9.86. The molecule has 0 aliphatic carbocycles. The van der Waals surface area contributed by atoms with Crippen molar-refractivity contribution < 1.29 is 18.3 Å². The molecule has 1 atom stereocenters. The maximum Gasteiger partial charge on any atom is 0.328 e. The van der Waals surface area contributed by atoms with Crippen LogP contribution < -0.4 is 4.31 Å². The number of sulfonamides is 1. The lowest BCUT2D eigenvalue weighted by Gasteiger charge is -2.37. The monoisotopic (exact) mass is 612 g/mol. The first-order chi connectivity index (χ1) is 19.3. The van der Waals surface area contributed by atoms with E-state index in [-0.39, 0.29) is 20.6 Å². The van der Waals surface area contributed by atoms with Gasteiger partial charge in [0, 0.05) is 47.1 Å². The molecule has 0 aliphatic heterocycles. The highest BCUT2D eigenvalue weighted by Crippen LogP contribution is 2.37. The first-order valence-corrected chi connectivity index (χ1v) is 14.6. The zero-order valence-corrected chi connectivity index (χ0v) is 24.9. The molecular weight excluding hydrogens is 587 g/mol. The van der Waals surface area contributed by atoms with Gasteiger partial charge in [-0.1, -0.05) is 44.0 Å². The minimum absolute atomic E-state index is 0.112. The number of hydrogen-bond donors (Lipinski definition) is 1. The first-order valence-electron chi connectivity index (χ1n) is 12.4. The van der Waals surface area contributed by atoms with E-state index >= 15 is 0 Å². The van der Waals surface area contributed by atoms with Crippen molar-refractivity contribution in [2.24, 2.45) is 12.5 Å². The Hall–Kier alpha value is -3.93. The normalized spacial score (nSPS) is 12.9. The summed E-state index contributed by atoms with van der Waals surface area (Å²) < 4.78 is 32.8. The Labute approximate surface area is 246 Å². The van der Waals surface area contributed by atoms with Crippen LogP contribution in [0.4, 0.5) is 5.69 Å². The van der Waals surface area contributed by atoms with Gasteiger partial charge < -0.3 is 14.2 Å². The molecule has 10 nitrogen and oxygen atoms in total. The highest BCUT2D eigenvalue weighted by molar-refractivity contribution is 7.93. The number of carboxylic acid groups (broad SMARTS) is 1. The van der Waals surface area contributed by atoms with Gasteiger partial charge in [-0.2, -0.15) is 0 Å². The van der Waals surface area contributed by atoms with Crippen LogP contribution in [0.1, 0.15) is 20.8 Å². The molecule has 41 heavy (non-hydrogen) atoms. The zero-order chi connectivity index (χ0) is 29.7. The molecule has 0 fully saturated rings. The van der Waals surface area contributed by atoms with E-state index in [9.17, 15) is 18.3 Å². The standard InChI is InChI=1S/C28H26Cl2N6O4S/c1-28(2,3)25(27(37)38)36(41(39,40)21-13-18(29)12-19(30)14-21)20-5-6-23-17(11-20)7-9-35(23)24-15-22(32-16-33-24)26-31-8-10-34(26)4/h5-16,25H,1-4H3,(H,37,38). The van der Waals surface area contributed by atoms with E-state index in [0.717, 1.165) is 9.82 Å². The Bertz CT molecular complexity index is 1870. The van der Waals surface area contributed by atoms with Gasteiger partial charge in [0.1, 0.15) is 23.9 Å². The molecule has 0 saturated heterocycles. The summed E-state index contributed by atoms with van der Waals surface area (Å²) in [5, 5.41) is 11.2. The van der Waals surface area contributed by atoms with E-state index in [1.807, 2.05) is 22.4 Å². The van der Waals surface area contributed by atoms with Crippen molar-refractivity contribution in [3.63, 3.8) is 0 Å². The number of imidazole rings is 1. The number of carbonyl (C=O) groups is 1. The number of aliphatic carboxylic acids is 1. The van der Waals surface area contributed by atoms with E-state index in [4.69, 9.17) is 23.2 Å². The molecule has 1 N–H and O–H groups in total.